The lowest BCUT2D eigenvalue weighted by Crippen LogP contribution is -2.18. The number of carbonyl (C=O) groups is 1. The maximum atomic E-state index is 12.1. The van der Waals surface area contributed by atoms with Crippen LogP contribution in [0.3, 0.4) is 0 Å². The predicted molar refractivity (Wildman–Crippen MR) is 90.1 cm³/mol. The van der Waals surface area contributed by atoms with Crippen molar-refractivity contribution in [2.45, 2.75) is 25.8 Å². The molecule has 6 heteroatoms. The van der Waals surface area contributed by atoms with Crippen molar-refractivity contribution in [1.82, 2.24) is 9.88 Å². The summed E-state index contributed by atoms with van der Waals surface area (Å²) in [5.74, 6) is -0.113. The summed E-state index contributed by atoms with van der Waals surface area (Å²) in [6.45, 7) is 3.17. The summed E-state index contributed by atoms with van der Waals surface area (Å²) in [6.07, 6.45) is 2.79. The molecule has 1 fully saturated rings. The van der Waals surface area contributed by atoms with Gasteiger partial charge in [0, 0.05) is 11.1 Å². The van der Waals surface area contributed by atoms with Crippen molar-refractivity contribution in [2.24, 2.45) is 0 Å². The molecule has 2 aromatic rings. The van der Waals surface area contributed by atoms with Gasteiger partial charge in [-0.05, 0) is 44.1 Å². The fourth-order valence-electron chi connectivity index (χ4n) is 2.67. The highest BCUT2D eigenvalue weighted by Crippen LogP contribution is 2.17. The third-order valence-electron chi connectivity index (χ3n) is 3.77. The van der Waals surface area contributed by atoms with E-state index in [2.05, 4.69) is 21.3 Å². The fourth-order valence-corrected chi connectivity index (χ4v) is 3.51. The van der Waals surface area contributed by atoms with Gasteiger partial charge < -0.3 is 5.32 Å². The summed E-state index contributed by atoms with van der Waals surface area (Å²) in [5.41, 5.74) is 1.98. The minimum atomic E-state index is -0.113. The quantitative estimate of drug-likeness (QED) is 0.917. The fraction of sp³-hybridized carbons (Fsp3) is 0.353. The van der Waals surface area contributed by atoms with Crippen LogP contribution in [0, 0.1) is 11.3 Å². The van der Waals surface area contributed by atoms with Gasteiger partial charge in [0.05, 0.1) is 30.3 Å². The lowest BCUT2D eigenvalue weighted by Gasteiger charge is -2.11. The van der Waals surface area contributed by atoms with Crippen LogP contribution < -0.4 is 5.32 Å². The molecule has 3 rings (SSSR count). The number of nitrogens with zero attached hydrogens (tertiary/aromatic N) is 3. The monoisotopic (exact) mass is 326 g/mol. The average molecular weight is 326 g/mol. The standard InChI is InChI=1S/C17H18N4OS/c18-10-13-4-3-5-14(8-13)19-16(22)9-15-12-23-17(20-15)11-21-6-1-2-7-21/h3-5,8,12H,1-2,6-7,9,11H2,(H,19,22). The number of hydrogen-bond donors (Lipinski definition) is 1. The van der Waals surface area contributed by atoms with E-state index in [1.807, 2.05) is 5.38 Å². The lowest BCUT2D eigenvalue weighted by atomic mass is 10.2. The van der Waals surface area contributed by atoms with Gasteiger partial charge >= 0.3 is 0 Å². The molecule has 1 aliphatic rings. The summed E-state index contributed by atoms with van der Waals surface area (Å²) in [7, 11) is 0. The molecule has 1 N–H and O–H groups in total. The van der Waals surface area contributed by atoms with E-state index >= 15 is 0 Å². The average Bonchev–Trinajstić information content (AvgIpc) is 3.20. The number of nitrogens with one attached hydrogen (secondary N) is 1. The number of benzene rings is 1. The van der Waals surface area contributed by atoms with E-state index in [4.69, 9.17) is 5.26 Å². The number of nitriles is 1. The van der Waals surface area contributed by atoms with Crippen molar-refractivity contribution in [3.8, 4) is 6.07 Å². The number of amides is 1. The Bertz CT molecular complexity index is 728. The molecule has 5 nitrogen and oxygen atoms in total. The van der Waals surface area contributed by atoms with Crippen molar-refractivity contribution >= 4 is 22.9 Å². The number of rotatable bonds is 5. The zero-order chi connectivity index (χ0) is 16.1. The Labute approximate surface area is 139 Å². The molecule has 0 atom stereocenters. The van der Waals surface area contributed by atoms with E-state index < -0.39 is 0 Å². The first-order chi connectivity index (χ1) is 11.2. The molecule has 0 spiro atoms. The van der Waals surface area contributed by atoms with Crippen LogP contribution in [0.25, 0.3) is 0 Å². The van der Waals surface area contributed by atoms with Crippen LogP contribution in [0.2, 0.25) is 0 Å². The van der Waals surface area contributed by atoms with Crippen molar-refractivity contribution in [3.05, 3.63) is 45.9 Å². The second-order valence-electron chi connectivity index (χ2n) is 5.63. The zero-order valence-corrected chi connectivity index (χ0v) is 13.6. The molecule has 1 aliphatic heterocycles. The Kier molecular flexibility index (Phi) is 5.01. The smallest absolute Gasteiger partial charge is 0.230 e. The van der Waals surface area contributed by atoms with E-state index in [1.165, 1.54) is 12.8 Å². The van der Waals surface area contributed by atoms with Crippen LogP contribution in [-0.2, 0) is 17.8 Å². The Balaban J connectivity index is 1.55. The Hall–Kier alpha value is -2.23. The molecule has 2 heterocycles. The van der Waals surface area contributed by atoms with E-state index in [0.717, 1.165) is 30.3 Å². The Morgan fingerprint density at radius 3 is 3.00 bits per heavy atom. The van der Waals surface area contributed by atoms with Crippen molar-refractivity contribution < 1.29 is 4.79 Å². The molecule has 1 saturated heterocycles. The van der Waals surface area contributed by atoms with Crippen LogP contribution in [0.4, 0.5) is 5.69 Å². The van der Waals surface area contributed by atoms with Crippen LogP contribution in [0.5, 0.6) is 0 Å². The normalized spacial score (nSPS) is 14.6. The first kappa shape index (κ1) is 15.7. The molecule has 23 heavy (non-hydrogen) atoms. The molecule has 1 aromatic carbocycles. The molecular formula is C17H18N4OS. The first-order valence-electron chi connectivity index (χ1n) is 7.68. The van der Waals surface area contributed by atoms with Gasteiger partial charge in [-0.1, -0.05) is 6.07 Å². The van der Waals surface area contributed by atoms with Crippen molar-refractivity contribution in [1.29, 1.82) is 5.26 Å². The van der Waals surface area contributed by atoms with Gasteiger partial charge in [-0.3, -0.25) is 9.69 Å². The molecule has 0 saturated carbocycles. The first-order valence-corrected chi connectivity index (χ1v) is 8.56. The third kappa shape index (κ3) is 4.38. The highest BCUT2D eigenvalue weighted by molar-refractivity contribution is 7.09. The number of thiazole rings is 1. The summed E-state index contributed by atoms with van der Waals surface area (Å²) < 4.78 is 0. The number of aromatic nitrogens is 1. The summed E-state index contributed by atoms with van der Waals surface area (Å²) in [6, 6.07) is 8.97. The van der Waals surface area contributed by atoms with Gasteiger partial charge in [0.25, 0.3) is 0 Å². The number of anilines is 1. The topological polar surface area (TPSA) is 69.0 Å². The van der Waals surface area contributed by atoms with Crippen LogP contribution in [0.1, 0.15) is 29.1 Å². The number of carbonyl (C=O) groups excluding carboxylic acids is 1. The summed E-state index contributed by atoms with van der Waals surface area (Å²) in [5, 5.41) is 14.7. The lowest BCUT2D eigenvalue weighted by molar-refractivity contribution is -0.115. The molecule has 0 bridgehead atoms. The minimum Gasteiger partial charge on any atom is -0.326 e. The number of likely N-dealkylation sites (tertiary alicyclic amines) is 1. The predicted octanol–water partition coefficient (Wildman–Crippen LogP) is 2.79. The van der Waals surface area contributed by atoms with Crippen LogP contribution in [-0.4, -0.2) is 28.9 Å². The SMILES string of the molecule is N#Cc1cccc(NC(=O)Cc2csc(CN3CCCC3)n2)c1. The van der Waals surface area contributed by atoms with Gasteiger partial charge in [0.15, 0.2) is 0 Å². The van der Waals surface area contributed by atoms with Gasteiger partial charge in [-0.15, -0.1) is 11.3 Å². The van der Waals surface area contributed by atoms with Crippen molar-refractivity contribution in [3.63, 3.8) is 0 Å². The summed E-state index contributed by atoms with van der Waals surface area (Å²) in [4.78, 5) is 19.0. The molecule has 0 unspecified atom stereocenters. The molecule has 0 aliphatic carbocycles. The van der Waals surface area contributed by atoms with Gasteiger partial charge in [-0.25, -0.2) is 4.98 Å². The highest BCUT2D eigenvalue weighted by atomic mass is 32.1. The van der Waals surface area contributed by atoms with Crippen LogP contribution in [0.15, 0.2) is 29.6 Å². The van der Waals surface area contributed by atoms with Crippen molar-refractivity contribution in [2.75, 3.05) is 18.4 Å². The second kappa shape index (κ2) is 7.36. The van der Waals surface area contributed by atoms with E-state index in [1.54, 1.807) is 35.6 Å². The van der Waals surface area contributed by atoms with E-state index in [0.29, 0.717) is 11.3 Å². The third-order valence-corrected chi connectivity index (χ3v) is 4.66. The highest BCUT2D eigenvalue weighted by Gasteiger charge is 2.14. The maximum Gasteiger partial charge on any atom is 0.230 e. The Morgan fingerprint density at radius 2 is 2.22 bits per heavy atom. The zero-order valence-electron chi connectivity index (χ0n) is 12.8. The minimum absolute atomic E-state index is 0.113. The molecule has 118 valence electrons. The molecule has 1 amide bonds. The van der Waals surface area contributed by atoms with Gasteiger partial charge in [0.2, 0.25) is 5.91 Å². The van der Waals surface area contributed by atoms with Gasteiger partial charge in [0.1, 0.15) is 5.01 Å². The molecule has 0 radical (unpaired) electrons. The molecule has 1 aromatic heterocycles. The van der Waals surface area contributed by atoms with E-state index in [9.17, 15) is 4.79 Å². The molecular weight excluding hydrogens is 308 g/mol. The second-order valence-corrected chi connectivity index (χ2v) is 6.58. The summed E-state index contributed by atoms with van der Waals surface area (Å²) >= 11 is 1.61. The van der Waals surface area contributed by atoms with E-state index in [-0.39, 0.29) is 12.3 Å². The largest absolute Gasteiger partial charge is 0.326 e. The van der Waals surface area contributed by atoms with Gasteiger partial charge in [-0.2, -0.15) is 5.26 Å². The Morgan fingerprint density at radius 1 is 1.39 bits per heavy atom. The van der Waals surface area contributed by atoms with Crippen LogP contribution >= 0.6 is 11.3 Å². The maximum absolute atomic E-state index is 12.1. The number of hydrogen-bond acceptors (Lipinski definition) is 5.